The number of nitrogens with one attached hydrogen (secondary N) is 2. The number of methoxy groups -OCH3 is 1. The molecule has 1 aromatic carbocycles. The second-order valence-electron chi connectivity index (χ2n) is 7.36. The van der Waals surface area contributed by atoms with E-state index >= 15 is 0 Å². The van der Waals surface area contributed by atoms with E-state index < -0.39 is 11.7 Å². The molecule has 0 atom stereocenters. The van der Waals surface area contributed by atoms with Crippen LogP contribution in [0.25, 0.3) is 0 Å². The van der Waals surface area contributed by atoms with Crippen molar-refractivity contribution in [2.45, 2.75) is 25.4 Å². The Hall–Kier alpha value is -1.27. The molecule has 10 heteroatoms. The Morgan fingerprint density at radius 2 is 1.74 bits per heavy atom. The lowest BCUT2D eigenvalue weighted by Crippen LogP contribution is -2.46. The standard InChI is InChI=1S/C21H34F3N5O.HI/c1-25-20(27-10-6-16-30-2)26-9-3-4-11-28-12-14-29(15-13-28)19-8-5-7-18(17-19)21(22,23)24;/h5,7-8,17H,3-4,6,9-16H2,1-2H3,(H2,25,26,27);1H. The molecule has 0 radical (unpaired) electrons. The van der Waals surface area contributed by atoms with Crippen molar-refractivity contribution in [1.29, 1.82) is 0 Å². The van der Waals surface area contributed by atoms with Gasteiger partial charge in [0, 0.05) is 65.7 Å². The predicted molar refractivity (Wildman–Crippen MR) is 131 cm³/mol. The van der Waals surface area contributed by atoms with Gasteiger partial charge in [0.25, 0.3) is 0 Å². The highest BCUT2D eigenvalue weighted by Gasteiger charge is 2.31. The number of rotatable bonds is 10. The summed E-state index contributed by atoms with van der Waals surface area (Å²) in [6.45, 7) is 6.63. The molecule has 0 unspecified atom stereocenters. The van der Waals surface area contributed by atoms with E-state index in [1.807, 2.05) is 4.90 Å². The quantitative estimate of drug-likeness (QED) is 0.200. The molecule has 31 heavy (non-hydrogen) atoms. The van der Waals surface area contributed by atoms with Crippen LogP contribution < -0.4 is 15.5 Å². The largest absolute Gasteiger partial charge is 0.416 e. The van der Waals surface area contributed by atoms with Gasteiger partial charge in [-0.15, -0.1) is 24.0 Å². The number of unbranched alkanes of at least 4 members (excludes halogenated alkanes) is 1. The summed E-state index contributed by atoms with van der Waals surface area (Å²) in [5, 5.41) is 6.56. The average molecular weight is 557 g/mol. The minimum atomic E-state index is -4.30. The van der Waals surface area contributed by atoms with Gasteiger partial charge in [-0.2, -0.15) is 13.2 Å². The third kappa shape index (κ3) is 10.3. The smallest absolute Gasteiger partial charge is 0.385 e. The van der Waals surface area contributed by atoms with Crippen LogP contribution in [0.5, 0.6) is 0 Å². The van der Waals surface area contributed by atoms with E-state index in [0.29, 0.717) is 5.69 Å². The van der Waals surface area contributed by atoms with Gasteiger partial charge >= 0.3 is 6.18 Å². The lowest BCUT2D eigenvalue weighted by atomic mass is 10.1. The average Bonchev–Trinajstić information content (AvgIpc) is 2.75. The Balaban J connectivity index is 0.00000480. The molecule has 1 saturated heterocycles. The maximum absolute atomic E-state index is 12.9. The minimum Gasteiger partial charge on any atom is -0.385 e. The normalized spacial score (nSPS) is 15.5. The summed E-state index contributed by atoms with van der Waals surface area (Å²) >= 11 is 0. The van der Waals surface area contributed by atoms with Crippen molar-refractivity contribution in [2.24, 2.45) is 4.99 Å². The zero-order valence-electron chi connectivity index (χ0n) is 18.4. The second-order valence-corrected chi connectivity index (χ2v) is 7.36. The number of ether oxygens (including phenoxy) is 1. The number of nitrogens with zero attached hydrogens (tertiary/aromatic N) is 3. The Morgan fingerprint density at radius 1 is 1.06 bits per heavy atom. The molecular formula is C21H35F3IN5O. The molecule has 0 aliphatic carbocycles. The van der Waals surface area contributed by atoms with Crippen LogP contribution in [0.1, 0.15) is 24.8 Å². The van der Waals surface area contributed by atoms with Gasteiger partial charge in [-0.3, -0.25) is 9.89 Å². The van der Waals surface area contributed by atoms with Gasteiger partial charge in [0.1, 0.15) is 0 Å². The fourth-order valence-electron chi connectivity index (χ4n) is 3.42. The van der Waals surface area contributed by atoms with Gasteiger partial charge < -0.3 is 20.3 Å². The molecule has 1 aliphatic rings. The fraction of sp³-hybridized carbons (Fsp3) is 0.667. The molecule has 0 spiro atoms. The molecule has 0 bridgehead atoms. The molecule has 6 nitrogen and oxygen atoms in total. The maximum atomic E-state index is 12.9. The zero-order chi connectivity index (χ0) is 21.8. The monoisotopic (exact) mass is 557 g/mol. The minimum absolute atomic E-state index is 0. The number of alkyl halides is 3. The molecule has 2 N–H and O–H groups in total. The van der Waals surface area contributed by atoms with Crippen molar-refractivity contribution in [1.82, 2.24) is 15.5 Å². The van der Waals surface area contributed by atoms with E-state index in [4.69, 9.17) is 4.74 Å². The summed E-state index contributed by atoms with van der Waals surface area (Å²) in [5.41, 5.74) is 0.0659. The van der Waals surface area contributed by atoms with E-state index in [9.17, 15) is 13.2 Å². The van der Waals surface area contributed by atoms with Gasteiger partial charge in [0.05, 0.1) is 5.56 Å². The molecule has 1 fully saturated rings. The topological polar surface area (TPSA) is 52.1 Å². The van der Waals surface area contributed by atoms with E-state index in [2.05, 4.69) is 20.5 Å². The van der Waals surface area contributed by atoms with Crippen molar-refractivity contribution < 1.29 is 17.9 Å². The highest BCUT2D eigenvalue weighted by Crippen LogP contribution is 2.31. The molecular weight excluding hydrogens is 522 g/mol. The van der Waals surface area contributed by atoms with Crippen LogP contribution >= 0.6 is 24.0 Å². The number of anilines is 1. The van der Waals surface area contributed by atoms with Gasteiger partial charge in [-0.25, -0.2) is 0 Å². The van der Waals surface area contributed by atoms with Gasteiger partial charge in [-0.05, 0) is 44.0 Å². The van der Waals surface area contributed by atoms with Crippen molar-refractivity contribution in [3.63, 3.8) is 0 Å². The van der Waals surface area contributed by atoms with Crippen LogP contribution in [0.2, 0.25) is 0 Å². The summed E-state index contributed by atoms with van der Waals surface area (Å²) in [5.74, 6) is 0.806. The van der Waals surface area contributed by atoms with Gasteiger partial charge in [-0.1, -0.05) is 6.07 Å². The van der Waals surface area contributed by atoms with E-state index in [1.54, 1.807) is 20.2 Å². The Kier molecular flexibility index (Phi) is 13.2. The molecule has 0 amide bonds. The summed E-state index contributed by atoms with van der Waals surface area (Å²) in [7, 11) is 3.45. The van der Waals surface area contributed by atoms with E-state index in [1.165, 1.54) is 12.1 Å². The van der Waals surface area contributed by atoms with Crippen LogP contribution in [0.4, 0.5) is 18.9 Å². The molecule has 1 heterocycles. The molecule has 1 aromatic rings. The van der Waals surface area contributed by atoms with Crippen LogP contribution in [-0.4, -0.2) is 77.4 Å². The van der Waals surface area contributed by atoms with Crippen LogP contribution in [0.3, 0.4) is 0 Å². The molecule has 0 aromatic heterocycles. The van der Waals surface area contributed by atoms with Crippen LogP contribution in [0.15, 0.2) is 29.3 Å². The molecule has 0 saturated carbocycles. The van der Waals surface area contributed by atoms with Crippen molar-refractivity contribution in [2.75, 3.05) is 71.5 Å². The summed E-state index contributed by atoms with van der Waals surface area (Å²) in [4.78, 5) is 8.61. The Labute approximate surface area is 200 Å². The third-order valence-electron chi connectivity index (χ3n) is 5.15. The zero-order valence-corrected chi connectivity index (χ0v) is 20.7. The Morgan fingerprint density at radius 3 is 2.35 bits per heavy atom. The second kappa shape index (κ2) is 14.7. The first-order valence-corrected chi connectivity index (χ1v) is 10.5. The van der Waals surface area contributed by atoms with Crippen LogP contribution in [-0.2, 0) is 10.9 Å². The summed E-state index contributed by atoms with van der Waals surface area (Å²) in [6, 6.07) is 5.61. The first-order chi connectivity index (χ1) is 14.4. The number of guanidine groups is 1. The molecule has 2 rings (SSSR count). The first kappa shape index (κ1) is 27.8. The molecule has 1 aliphatic heterocycles. The SMILES string of the molecule is CN=C(NCCCCN1CCN(c2cccc(C(F)(F)F)c2)CC1)NCCCOC.I. The third-order valence-corrected chi connectivity index (χ3v) is 5.15. The lowest BCUT2D eigenvalue weighted by molar-refractivity contribution is -0.137. The van der Waals surface area contributed by atoms with Gasteiger partial charge in [0.15, 0.2) is 5.96 Å². The van der Waals surface area contributed by atoms with Gasteiger partial charge in [0.2, 0.25) is 0 Å². The highest BCUT2D eigenvalue weighted by molar-refractivity contribution is 14.0. The van der Waals surface area contributed by atoms with Crippen molar-refractivity contribution in [3.05, 3.63) is 29.8 Å². The van der Waals surface area contributed by atoms with Crippen LogP contribution in [0, 0.1) is 0 Å². The highest BCUT2D eigenvalue weighted by atomic mass is 127. The lowest BCUT2D eigenvalue weighted by Gasteiger charge is -2.36. The summed E-state index contributed by atoms with van der Waals surface area (Å²) in [6.07, 6.45) is -1.26. The number of hydrogen-bond donors (Lipinski definition) is 2. The number of halogens is 4. The number of piperazine rings is 1. The van der Waals surface area contributed by atoms with E-state index in [-0.39, 0.29) is 24.0 Å². The predicted octanol–water partition coefficient (Wildman–Crippen LogP) is 3.43. The number of aliphatic imine (C=N–C) groups is 1. The van der Waals surface area contributed by atoms with Crippen molar-refractivity contribution in [3.8, 4) is 0 Å². The number of hydrogen-bond acceptors (Lipinski definition) is 4. The molecule has 178 valence electrons. The summed E-state index contributed by atoms with van der Waals surface area (Å²) < 4.78 is 43.8. The first-order valence-electron chi connectivity index (χ1n) is 10.5. The Bertz CT molecular complexity index is 652. The van der Waals surface area contributed by atoms with Crippen molar-refractivity contribution >= 4 is 35.6 Å². The fourth-order valence-corrected chi connectivity index (χ4v) is 3.42. The maximum Gasteiger partial charge on any atom is 0.416 e. The number of benzene rings is 1. The van der Waals surface area contributed by atoms with E-state index in [0.717, 1.165) is 83.7 Å².